The number of methoxy groups -OCH3 is 1. The maximum atomic E-state index is 9.10. The van der Waals surface area contributed by atoms with Gasteiger partial charge in [0.15, 0.2) is 0 Å². The third-order valence-corrected chi connectivity index (χ3v) is 3.50. The van der Waals surface area contributed by atoms with Crippen LogP contribution >= 0.6 is 0 Å². The Morgan fingerprint density at radius 1 is 1.21 bits per heavy atom. The van der Waals surface area contributed by atoms with Gasteiger partial charge in [0, 0.05) is 25.8 Å². The molecule has 0 aliphatic heterocycles. The van der Waals surface area contributed by atoms with E-state index in [-0.39, 0.29) is 18.7 Å². The summed E-state index contributed by atoms with van der Waals surface area (Å²) < 4.78 is 5.20. The maximum Gasteiger partial charge on any atom is 0.0616 e. The Morgan fingerprint density at radius 3 is 2.26 bits per heavy atom. The zero-order valence-corrected chi connectivity index (χ0v) is 12.8. The van der Waals surface area contributed by atoms with Crippen molar-refractivity contribution in [2.24, 2.45) is 0 Å². The molecule has 108 valence electrons. The molecule has 0 saturated heterocycles. The number of aliphatic hydroxyl groups excluding tert-OH is 1. The van der Waals surface area contributed by atoms with E-state index in [4.69, 9.17) is 9.84 Å². The maximum absolute atomic E-state index is 9.10. The molecule has 0 saturated carbocycles. The van der Waals surface area contributed by atoms with Crippen LogP contribution in [0, 0.1) is 20.8 Å². The lowest BCUT2D eigenvalue weighted by Crippen LogP contribution is -2.36. The number of aliphatic hydroxyl groups is 1. The van der Waals surface area contributed by atoms with Gasteiger partial charge in [-0.2, -0.15) is 0 Å². The molecule has 0 aliphatic rings. The lowest BCUT2D eigenvalue weighted by Gasteiger charge is -2.25. The van der Waals surface area contributed by atoms with Crippen LogP contribution in [0.15, 0.2) is 12.1 Å². The Hall–Kier alpha value is -0.900. The molecule has 1 aromatic carbocycles. The highest BCUT2D eigenvalue weighted by Gasteiger charge is 2.16. The van der Waals surface area contributed by atoms with Crippen LogP contribution in [0.25, 0.3) is 0 Å². The van der Waals surface area contributed by atoms with Crippen LogP contribution in [0.2, 0.25) is 0 Å². The van der Waals surface area contributed by atoms with Gasteiger partial charge in [0.2, 0.25) is 0 Å². The molecule has 2 N–H and O–H groups in total. The van der Waals surface area contributed by atoms with Crippen LogP contribution in [-0.4, -0.2) is 31.5 Å². The number of hydrogen-bond donors (Lipinski definition) is 2. The van der Waals surface area contributed by atoms with Crippen LogP contribution in [0.3, 0.4) is 0 Å². The van der Waals surface area contributed by atoms with Crippen molar-refractivity contribution in [2.75, 3.05) is 20.3 Å². The average Bonchev–Trinajstić information content (AvgIpc) is 2.27. The number of benzene rings is 1. The largest absolute Gasteiger partial charge is 0.396 e. The van der Waals surface area contributed by atoms with Gasteiger partial charge in [-0.05, 0) is 50.8 Å². The van der Waals surface area contributed by atoms with Crippen LogP contribution in [-0.2, 0) is 4.74 Å². The number of nitrogens with one attached hydrogen (secondary N) is 1. The summed E-state index contributed by atoms with van der Waals surface area (Å²) in [4.78, 5) is 0. The third-order valence-electron chi connectivity index (χ3n) is 3.50. The van der Waals surface area contributed by atoms with Crippen LogP contribution < -0.4 is 5.32 Å². The first kappa shape index (κ1) is 16.2. The predicted molar refractivity (Wildman–Crippen MR) is 79.6 cm³/mol. The molecule has 0 spiro atoms. The first-order valence-corrected chi connectivity index (χ1v) is 6.93. The highest BCUT2D eigenvalue weighted by Crippen LogP contribution is 2.23. The van der Waals surface area contributed by atoms with E-state index in [9.17, 15) is 0 Å². The van der Waals surface area contributed by atoms with Crippen molar-refractivity contribution in [1.29, 1.82) is 0 Å². The molecule has 1 aromatic rings. The summed E-state index contributed by atoms with van der Waals surface area (Å²) in [6.45, 7) is 9.41. The summed E-state index contributed by atoms with van der Waals surface area (Å²) in [5.74, 6) is 0. The van der Waals surface area contributed by atoms with Crippen molar-refractivity contribution in [1.82, 2.24) is 5.32 Å². The third kappa shape index (κ3) is 4.60. The highest BCUT2D eigenvalue weighted by atomic mass is 16.5. The number of aryl methyl sites for hydroxylation is 3. The van der Waals surface area contributed by atoms with Crippen LogP contribution in [0.4, 0.5) is 0 Å². The quantitative estimate of drug-likeness (QED) is 0.796. The molecule has 19 heavy (non-hydrogen) atoms. The van der Waals surface area contributed by atoms with Crippen LogP contribution in [0.1, 0.15) is 41.6 Å². The van der Waals surface area contributed by atoms with Crippen LogP contribution in [0.5, 0.6) is 0 Å². The van der Waals surface area contributed by atoms with E-state index >= 15 is 0 Å². The topological polar surface area (TPSA) is 41.5 Å². The van der Waals surface area contributed by atoms with Gasteiger partial charge in [0.25, 0.3) is 0 Å². The molecule has 0 amide bonds. The summed E-state index contributed by atoms with van der Waals surface area (Å²) in [6, 6.07) is 4.88. The van der Waals surface area contributed by atoms with Crippen molar-refractivity contribution < 1.29 is 9.84 Å². The highest BCUT2D eigenvalue weighted by molar-refractivity contribution is 5.39. The van der Waals surface area contributed by atoms with E-state index in [1.54, 1.807) is 7.11 Å². The summed E-state index contributed by atoms with van der Waals surface area (Å²) >= 11 is 0. The molecule has 1 rings (SSSR count). The van der Waals surface area contributed by atoms with Gasteiger partial charge < -0.3 is 15.2 Å². The second-order valence-corrected chi connectivity index (χ2v) is 5.37. The molecule has 0 radical (unpaired) electrons. The molecule has 3 nitrogen and oxygen atoms in total. The minimum absolute atomic E-state index is 0.180. The number of hydrogen-bond acceptors (Lipinski definition) is 3. The number of rotatable bonds is 7. The lowest BCUT2D eigenvalue weighted by atomic mass is 9.94. The van der Waals surface area contributed by atoms with E-state index in [1.807, 2.05) is 0 Å². The first-order chi connectivity index (χ1) is 8.99. The normalized spacial score (nSPS) is 14.4. The molecule has 2 unspecified atom stereocenters. The molecular formula is C16H27NO2. The van der Waals surface area contributed by atoms with Gasteiger partial charge >= 0.3 is 0 Å². The van der Waals surface area contributed by atoms with Crippen molar-refractivity contribution in [3.05, 3.63) is 34.4 Å². The molecular weight excluding hydrogens is 238 g/mol. The molecule has 2 atom stereocenters. The van der Waals surface area contributed by atoms with Gasteiger partial charge in [-0.1, -0.05) is 17.7 Å². The Morgan fingerprint density at radius 2 is 1.79 bits per heavy atom. The van der Waals surface area contributed by atoms with Crippen molar-refractivity contribution >= 4 is 0 Å². The van der Waals surface area contributed by atoms with Gasteiger partial charge in [-0.25, -0.2) is 0 Å². The lowest BCUT2D eigenvalue weighted by molar-refractivity contribution is 0.143. The van der Waals surface area contributed by atoms with Gasteiger partial charge in [-0.15, -0.1) is 0 Å². The predicted octanol–water partition coefficient (Wildman–Crippen LogP) is 2.66. The monoisotopic (exact) mass is 265 g/mol. The number of ether oxygens (including phenoxy) is 1. The Bertz CT molecular complexity index is 375. The Kier molecular flexibility index (Phi) is 6.49. The second-order valence-electron chi connectivity index (χ2n) is 5.37. The van der Waals surface area contributed by atoms with Gasteiger partial charge in [-0.3, -0.25) is 0 Å². The minimum Gasteiger partial charge on any atom is -0.396 e. The van der Waals surface area contributed by atoms with E-state index < -0.39 is 0 Å². The SMILES string of the molecule is COCC(CCO)NC(C)c1c(C)cc(C)cc1C. The summed E-state index contributed by atoms with van der Waals surface area (Å²) in [5.41, 5.74) is 5.29. The van der Waals surface area contributed by atoms with E-state index in [0.29, 0.717) is 13.0 Å². The fourth-order valence-corrected chi connectivity index (χ4v) is 2.88. The zero-order chi connectivity index (χ0) is 14.4. The standard InChI is InChI=1S/C16H27NO2/c1-11-8-12(2)16(13(3)9-11)14(4)17-15(6-7-18)10-19-5/h8-9,14-15,17-18H,6-7,10H2,1-5H3. The van der Waals surface area contributed by atoms with Gasteiger partial charge in [0.05, 0.1) is 6.61 Å². The molecule has 0 fully saturated rings. The van der Waals surface area contributed by atoms with Crippen molar-refractivity contribution in [2.45, 2.75) is 46.2 Å². The molecule has 0 aromatic heterocycles. The summed E-state index contributed by atoms with van der Waals surface area (Å²) in [5, 5.41) is 12.6. The Labute approximate surface area is 117 Å². The molecule has 3 heteroatoms. The zero-order valence-electron chi connectivity index (χ0n) is 12.8. The fourth-order valence-electron chi connectivity index (χ4n) is 2.88. The first-order valence-electron chi connectivity index (χ1n) is 6.93. The molecule has 0 heterocycles. The van der Waals surface area contributed by atoms with E-state index in [1.165, 1.54) is 22.3 Å². The minimum atomic E-state index is 0.180. The Balaban J connectivity index is 2.84. The summed E-state index contributed by atoms with van der Waals surface area (Å²) in [7, 11) is 1.69. The summed E-state index contributed by atoms with van der Waals surface area (Å²) in [6.07, 6.45) is 0.710. The van der Waals surface area contributed by atoms with Crippen molar-refractivity contribution in [3.63, 3.8) is 0 Å². The van der Waals surface area contributed by atoms with E-state index in [2.05, 4.69) is 45.1 Å². The van der Waals surface area contributed by atoms with Gasteiger partial charge in [0.1, 0.15) is 0 Å². The van der Waals surface area contributed by atoms with E-state index in [0.717, 1.165) is 0 Å². The smallest absolute Gasteiger partial charge is 0.0616 e. The average molecular weight is 265 g/mol. The molecule has 0 aliphatic carbocycles. The molecule has 0 bridgehead atoms. The fraction of sp³-hybridized carbons (Fsp3) is 0.625. The van der Waals surface area contributed by atoms with Crippen molar-refractivity contribution in [3.8, 4) is 0 Å². The second kappa shape index (κ2) is 7.63.